The Bertz CT molecular complexity index is 922. The normalized spacial score (nSPS) is 27.3. The maximum Gasteiger partial charge on any atom is 0.410 e. The molecule has 2 N–H and O–H groups in total. The highest BCUT2D eigenvalue weighted by Crippen LogP contribution is 2.42. The lowest BCUT2D eigenvalue weighted by atomic mass is 9.77. The van der Waals surface area contributed by atoms with Crippen LogP contribution in [0.3, 0.4) is 0 Å². The van der Waals surface area contributed by atoms with Gasteiger partial charge in [-0.25, -0.2) is 4.79 Å². The highest BCUT2D eigenvalue weighted by atomic mass is 16.6. The van der Waals surface area contributed by atoms with Crippen LogP contribution < -0.4 is 0 Å². The van der Waals surface area contributed by atoms with E-state index in [-0.39, 0.29) is 25.1 Å². The van der Waals surface area contributed by atoms with Crippen LogP contribution in [0, 0.1) is 5.92 Å². The Balaban J connectivity index is 1.50. The zero-order chi connectivity index (χ0) is 25.9. The van der Waals surface area contributed by atoms with Gasteiger partial charge in [0.15, 0.2) is 0 Å². The highest BCUT2D eigenvalue weighted by molar-refractivity contribution is 5.83. The maximum atomic E-state index is 13.8. The molecule has 3 aliphatic rings. The van der Waals surface area contributed by atoms with E-state index in [4.69, 9.17) is 4.74 Å². The standard InChI is InChI=1S/C29H44N2O5/c1-28(2,3)31(27(34)36-20-29(35)17-10-9-15-24(29)32)19-25(33)30-18-16-21-11-7-8-14-23(21)26(30)22-12-5-4-6-13-22/h7-8,11,14,22,24,26,32,35H,4-6,9-10,12-13,15-20H2,1-3H3. The fourth-order valence-electron chi connectivity index (χ4n) is 6.28. The summed E-state index contributed by atoms with van der Waals surface area (Å²) in [6, 6.07) is 8.52. The van der Waals surface area contributed by atoms with Crippen molar-refractivity contribution in [3.63, 3.8) is 0 Å². The van der Waals surface area contributed by atoms with E-state index in [1.54, 1.807) is 0 Å². The van der Waals surface area contributed by atoms with Gasteiger partial charge < -0.3 is 19.8 Å². The molecule has 2 fully saturated rings. The number of benzene rings is 1. The van der Waals surface area contributed by atoms with Crippen molar-refractivity contribution >= 4 is 12.0 Å². The van der Waals surface area contributed by atoms with Crippen molar-refractivity contribution in [1.29, 1.82) is 0 Å². The van der Waals surface area contributed by atoms with Crippen molar-refractivity contribution in [2.24, 2.45) is 5.92 Å². The Morgan fingerprint density at radius 2 is 1.78 bits per heavy atom. The lowest BCUT2D eigenvalue weighted by Gasteiger charge is -2.44. The van der Waals surface area contributed by atoms with Gasteiger partial charge in [0.2, 0.25) is 5.91 Å². The first-order valence-electron chi connectivity index (χ1n) is 13.8. The Hall–Kier alpha value is -2.12. The van der Waals surface area contributed by atoms with Gasteiger partial charge in [0.1, 0.15) is 18.8 Å². The second-order valence-corrected chi connectivity index (χ2v) is 12.1. The third-order valence-corrected chi connectivity index (χ3v) is 8.47. The Labute approximate surface area is 215 Å². The first-order valence-corrected chi connectivity index (χ1v) is 13.8. The number of carbonyl (C=O) groups excluding carboxylic acids is 2. The zero-order valence-electron chi connectivity index (χ0n) is 22.2. The Morgan fingerprint density at radius 3 is 2.47 bits per heavy atom. The van der Waals surface area contributed by atoms with Crippen molar-refractivity contribution in [3.05, 3.63) is 35.4 Å². The van der Waals surface area contributed by atoms with Gasteiger partial charge in [-0.1, -0.05) is 56.4 Å². The van der Waals surface area contributed by atoms with Gasteiger partial charge in [0.05, 0.1) is 12.1 Å². The molecule has 3 atom stereocenters. The van der Waals surface area contributed by atoms with Crippen LogP contribution in [-0.2, 0) is 16.0 Å². The molecule has 1 aromatic rings. The molecule has 2 amide bonds. The molecule has 4 rings (SSSR count). The average molecular weight is 501 g/mol. The van der Waals surface area contributed by atoms with Crippen LogP contribution in [0.25, 0.3) is 0 Å². The number of ether oxygens (including phenoxy) is 1. The summed E-state index contributed by atoms with van der Waals surface area (Å²) in [5.41, 5.74) is 0.504. The predicted molar refractivity (Wildman–Crippen MR) is 138 cm³/mol. The molecule has 7 heteroatoms. The quantitative estimate of drug-likeness (QED) is 0.617. The molecular weight excluding hydrogens is 456 g/mol. The van der Waals surface area contributed by atoms with Crippen molar-refractivity contribution in [2.75, 3.05) is 19.7 Å². The molecular formula is C29H44N2O5. The van der Waals surface area contributed by atoms with Gasteiger partial charge in [0.25, 0.3) is 0 Å². The minimum Gasteiger partial charge on any atom is -0.446 e. The molecule has 1 aliphatic heterocycles. The number of rotatable bonds is 5. The van der Waals surface area contributed by atoms with Gasteiger partial charge in [0, 0.05) is 12.1 Å². The van der Waals surface area contributed by atoms with E-state index in [2.05, 4.69) is 24.3 Å². The summed E-state index contributed by atoms with van der Waals surface area (Å²) in [6.07, 6.45) is 7.68. The summed E-state index contributed by atoms with van der Waals surface area (Å²) < 4.78 is 5.54. The number of aliphatic hydroxyl groups excluding tert-OH is 1. The van der Waals surface area contributed by atoms with Crippen molar-refractivity contribution in [3.8, 4) is 0 Å². The number of aliphatic hydroxyl groups is 2. The molecule has 3 unspecified atom stereocenters. The lowest BCUT2D eigenvalue weighted by Crippen LogP contribution is -2.55. The minimum absolute atomic E-state index is 0.0404. The van der Waals surface area contributed by atoms with E-state index in [1.807, 2.05) is 25.7 Å². The SMILES string of the molecule is CC(C)(C)N(CC(=O)N1CCc2ccccc2C1C1CCCCC1)C(=O)OCC1(O)CCCCC1O. The molecule has 0 spiro atoms. The van der Waals surface area contributed by atoms with Crippen LogP contribution in [0.15, 0.2) is 24.3 Å². The summed E-state index contributed by atoms with van der Waals surface area (Å²) in [5.74, 6) is 0.365. The van der Waals surface area contributed by atoms with Gasteiger partial charge in [-0.05, 0) is 69.9 Å². The largest absolute Gasteiger partial charge is 0.446 e. The van der Waals surface area contributed by atoms with Crippen LogP contribution >= 0.6 is 0 Å². The summed E-state index contributed by atoms with van der Waals surface area (Å²) >= 11 is 0. The third kappa shape index (κ3) is 5.88. The third-order valence-electron chi connectivity index (χ3n) is 8.47. The van der Waals surface area contributed by atoms with Gasteiger partial charge >= 0.3 is 6.09 Å². The molecule has 2 aliphatic carbocycles. The number of amides is 2. The van der Waals surface area contributed by atoms with Crippen molar-refractivity contribution in [2.45, 2.75) is 108 Å². The fraction of sp³-hybridized carbons (Fsp3) is 0.724. The van der Waals surface area contributed by atoms with Crippen molar-refractivity contribution < 1.29 is 24.5 Å². The molecule has 1 heterocycles. The van der Waals surface area contributed by atoms with E-state index >= 15 is 0 Å². The highest BCUT2D eigenvalue weighted by Gasteiger charge is 2.42. The molecule has 0 saturated heterocycles. The number of fused-ring (bicyclic) bond motifs is 1. The summed E-state index contributed by atoms with van der Waals surface area (Å²) in [4.78, 5) is 30.5. The molecule has 0 bridgehead atoms. The minimum atomic E-state index is -1.43. The summed E-state index contributed by atoms with van der Waals surface area (Å²) in [7, 11) is 0. The van der Waals surface area contributed by atoms with Crippen LogP contribution in [0.1, 0.15) is 95.7 Å². The number of carbonyl (C=O) groups is 2. The van der Waals surface area contributed by atoms with Gasteiger partial charge in [-0.2, -0.15) is 0 Å². The van der Waals surface area contributed by atoms with E-state index in [1.165, 1.54) is 35.3 Å². The first kappa shape index (κ1) is 26.9. The van der Waals surface area contributed by atoms with Gasteiger partial charge in [-0.15, -0.1) is 0 Å². The summed E-state index contributed by atoms with van der Waals surface area (Å²) in [5, 5.41) is 21.1. The average Bonchev–Trinajstić information content (AvgIpc) is 2.86. The van der Waals surface area contributed by atoms with Crippen LogP contribution in [-0.4, -0.2) is 69.0 Å². The molecule has 1 aromatic carbocycles. The zero-order valence-corrected chi connectivity index (χ0v) is 22.2. The smallest absolute Gasteiger partial charge is 0.410 e. The second kappa shape index (κ2) is 11.1. The second-order valence-electron chi connectivity index (χ2n) is 12.1. The molecule has 7 nitrogen and oxygen atoms in total. The van der Waals surface area contributed by atoms with Crippen LogP contribution in [0.4, 0.5) is 4.79 Å². The van der Waals surface area contributed by atoms with Gasteiger partial charge in [-0.3, -0.25) is 9.69 Å². The van der Waals surface area contributed by atoms with Crippen LogP contribution in [0.5, 0.6) is 0 Å². The predicted octanol–water partition coefficient (Wildman–Crippen LogP) is 4.60. The Morgan fingerprint density at radius 1 is 1.08 bits per heavy atom. The molecule has 2 saturated carbocycles. The molecule has 0 aromatic heterocycles. The lowest BCUT2D eigenvalue weighted by molar-refractivity contribution is -0.140. The molecule has 0 radical (unpaired) electrons. The van der Waals surface area contributed by atoms with E-state index in [9.17, 15) is 19.8 Å². The topological polar surface area (TPSA) is 90.3 Å². The van der Waals surface area contributed by atoms with Crippen molar-refractivity contribution in [1.82, 2.24) is 9.80 Å². The number of hydrogen-bond donors (Lipinski definition) is 2. The molecule has 36 heavy (non-hydrogen) atoms. The first-order chi connectivity index (χ1) is 17.1. The number of hydrogen-bond acceptors (Lipinski definition) is 5. The summed E-state index contributed by atoms with van der Waals surface area (Å²) in [6.45, 7) is 5.96. The monoisotopic (exact) mass is 500 g/mol. The number of nitrogens with zero attached hydrogens (tertiary/aromatic N) is 2. The molecule has 200 valence electrons. The van der Waals surface area contributed by atoms with E-state index in [0.29, 0.717) is 25.3 Å². The fourth-order valence-corrected chi connectivity index (χ4v) is 6.28. The van der Waals surface area contributed by atoms with E-state index < -0.39 is 23.3 Å². The maximum absolute atomic E-state index is 13.8. The van der Waals surface area contributed by atoms with Crippen LogP contribution in [0.2, 0.25) is 0 Å². The Kier molecular flexibility index (Phi) is 8.30. The van der Waals surface area contributed by atoms with E-state index in [0.717, 1.165) is 32.1 Å².